The van der Waals surface area contributed by atoms with E-state index in [2.05, 4.69) is 25.8 Å². The Bertz CT molecular complexity index is 204. The second-order valence-corrected chi connectivity index (χ2v) is 5.60. The molecule has 1 saturated carbocycles. The molecule has 2 nitrogen and oxygen atoms in total. The quantitative estimate of drug-likeness (QED) is 0.640. The SMILES string of the molecule is CC1CCC(C)C2(C1)C(N)CCN2C. The second-order valence-electron chi connectivity index (χ2n) is 5.60. The van der Waals surface area contributed by atoms with Gasteiger partial charge in [-0.25, -0.2) is 0 Å². The normalized spacial score (nSPS) is 50.1. The zero-order chi connectivity index (χ0) is 10.3. The van der Waals surface area contributed by atoms with Gasteiger partial charge in [-0.3, -0.25) is 4.90 Å². The molecule has 1 heterocycles. The fourth-order valence-corrected chi connectivity index (χ4v) is 3.77. The molecular formula is C12H24N2. The average Bonchev–Trinajstić information content (AvgIpc) is 2.41. The van der Waals surface area contributed by atoms with E-state index in [1.165, 1.54) is 32.2 Å². The van der Waals surface area contributed by atoms with E-state index in [0.29, 0.717) is 11.6 Å². The van der Waals surface area contributed by atoms with E-state index in [0.717, 1.165) is 11.8 Å². The summed E-state index contributed by atoms with van der Waals surface area (Å²) in [6.07, 6.45) is 5.25. The number of likely N-dealkylation sites (tertiary alicyclic amines) is 1. The zero-order valence-electron chi connectivity index (χ0n) is 9.79. The minimum atomic E-state index is 0.331. The van der Waals surface area contributed by atoms with Gasteiger partial charge in [-0.05, 0) is 38.1 Å². The first-order valence-electron chi connectivity index (χ1n) is 6.04. The van der Waals surface area contributed by atoms with Crippen molar-refractivity contribution in [2.75, 3.05) is 13.6 Å². The largest absolute Gasteiger partial charge is 0.326 e. The summed E-state index contributed by atoms with van der Waals surface area (Å²) in [7, 11) is 2.27. The van der Waals surface area contributed by atoms with Crippen molar-refractivity contribution >= 4 is 0 Å². The molecule has 0 aromatic heterocycles. The molecule has 1 aliphatic carbocycles. The summed E-state index contributed by atoms with van der Waals surface area (Å²) in [5.41, 5.74) is 6.68. The van der Waals surface area contributed by atoms with Crippen molar-refractivity contribution in [1.82, 2.24) is 4.90 Å². The van der Waals surface area contributed by atoms with E-state index >= 15 is 0 Å². The van der Waals surface area contributed by atoms with Gasteiger partial charge in [0.25, 0.3) is 0 Å². The lowest BCUT2D eigenvalue weighted by atomic mass is 9.66. The molecule has 2 rings (SSSR count). The predicted octanol–water partition coefficient (Wildman–Crippen LogP) is 1.84. The molecule has 0 aromatic rings. The average molecular weight is 196 g/mol. The van der Waals surface area contributed by atoms with Crippen molar-refractivity contribution in [2.45, 2.75) is 51.1 Å². The highest BCUT2D eigenvalue weighted by molar-refractivity contribution is 5.08. The lowest BCUT2D eigenvalue weighted by Crippen LogP contribution is -2.59. The van der Waals surface area contributed by atoms with Gasteiger partial charge in [0.15, 0.2) is 0 Å². The van der Waals surface area contributed by atoms with Crippen LogP contribution in [0.15, 0.2) is 0 Å². The fourth-order valence-electron chi connectivity index (χ4n) is 3.77. The predicted molar refractivity (Wildman–Crippen MR) is 60.1 cm³/mol. The molecule has 2 fully saturated rings. The van der Waals surface area contributed by atoms with Gasteiger partial charge in [-0.2, -0.15) is 0 Å². The fraction of sp³-hybridized carbons (Fsp3) is 1.00. The summed E-state index contributed by atoms with van der Waals surface area (Å²) in [6.45, 7) is 5.97. The molecule has 4 atom stereocenters. The lowest BCUT2D eigenvalue weighted by molar-refractivity contribution is 0.0297. The Morgan fingerprint density at radius 3 is 2.50 bits per heavy atom. The van der Waals surface area contributed by atoms with Gasteiger partial charge in [-0.1, -0.05) is 20.3 Å². The van der Waals surface area contributed by atoms with Crippen LogP contribution in [0.5, 0.6) is 0 Å². The number of likely N-dealkylation sites (N-methyl/N-ethyl adjacent to an activating group) is 1. The molecule has 0 amide bonds. The summed E-state index contributed by atoms with van der Waals surface area (Å²) in [5.74, 6) is 1.64. The maximum atomic E-state index is 6.35. The summed E-state index contributed by atoms with van der Waals surface area (Å²) < 4.78 is 0. The van der Waals surface area contributed by atoms with Crippen LogP contribution < -0.4 is 5.73 Å². The van der Waals surface area contributed by atoms with Crippen LogP contribution in [0, 0.1) is 11.8 Å². The lowest BCUT2D eigenvalue weighted by Gasteiger charge is -2.49. The van der Waals surface area contributed by atoms with Gasteiger partial charge >= 0.3 is 0 Å². The number of hydrogen-bond donors (Lipinski definition) is 1. The van der Waals surface area contributed by atoms with Crippen LogP contribution in [0.4, 0.5) is 0 Å². The third kappa shape index (κ3) is 1.31. The molecular weight excluding hydrogens is 172 g/mol. The molecule has 1 aliphatic heterocycles. The van der Waals surface area contributed by atoms with Gasteiger partial charge in [0.2, 0.25) is 0 Å². The molecule has 1 spiro atoms. The molecule has 82 valence electrons. The van der Waals surface area contributed by atoms with Crippen molar-refractivity contribution in [3.8, 4) is 0 Å². The van der Waals surface area contributed by atoms with E-state index in [1.807, 2.05) is 0 Å². The molecule has 0 radical (unpaired) electrons. The highest BCUT2D eigenvalue weighted by Crippen LogP contribution is 2.45. The molecule has 1 saturated heterocycles. The number of rotatable bonds is 0. The summed E-state index contributed by atoms with van der Waals surface area (Å²) in [4.78, 5) is 2.54. The van der Waals surface area contributed by atoms with Crippen molar-refractivity contribution in [2.24, 2.45) is 17.6 Å². The van der Waals surface area contributed by atoms with Gasteiger partial charge < -0.3 is 5.73 Å². The number of nitrogens with two attached hydrogens (primary N) is 1. The third-order valence-electron chi connectivity index (χ3n) is 4.75. The Morgan fingerprint density at radius 2 is 1.93 bits per heavy atom. The van der Waals surface area contributed by atoms with Crippen LogP contribution >= 0.6 is 0 Å². The first kappa shape index (κ1) is 10.4. The topological polar surface area (TPSA) is 29.3 Å². The van der Waals surface area contributed by atoms with Crippen LogP contribution in [0.3, 0.4) is 0 Å². The maximum Gasteiger partial charge on any atom is 0.0385 e. The minimum Gasteiger partial charge on any atom is -0.326 e. The monoisotopic (exact) mass is 196 g/mol. The van der Waals surface area contributed by atoms with Crippen LogP contribution in [0.25, 0.3) is 0 Å². The smallest absolute Gasteiger partial charge is 0.0385 e. The van der Waals surface area contributed by atoms with E-state index in [-0.39, 0.29) is 0 Å². The molecule has 0 bridgehead atoms. The van der Waals surface area contributed by atoms with Crippen LogP contribution in [0.2, 0.25) is 0 Å². The van der Waals surface area contributed by atoms with Crippen molar-refractivity contribution in [3.05, 3.63) is 0 Å². The molecule has 2 heteroatoms. The van der Waals surface area contributed by atoms with Crippen LogP contribution in [-0.4, -0.2) is 30.1 Å². The Balaban J connectivity index is 2.25. The number of hydrogen-bond acceptors (Lipinski definition) is 2. The van der Waals surface area contributed by atoms with E-state index in [4.69, 9.17) is 5.73 Å². The molecule has 0 aromatic carbocycles. The van der Waals surface area contributed by atoms with Crippen molar-refractivity contribution < 1.29 is 0 Å². The minimum absolute atomic E-state index is 0.331. The van der Waals surface area contributed by atoms with E-state index in [1.54, 1.807) is 0 Å². The third-order valence-corrected chi connectivity index (χ3v) is 4.75. The van der Waals surface area contributed by atoms with Gasteiger partial charge in [0, 0.05) is 18.1 Å². The Labute approximate surface area is 87.8 Å². The van der Waals surface area contributed by atoms with Crippen molar-refractivity contribution in [3.63, 3.8) is 0 Å². The highest BCUT2D eigenvalue weighted by Gasteiger charge is 2.50. The van der Waals surface area contributed by atoms with Gasteiger partial charge in [0.1, 0.15) is 0 Å². The standard InChI is InChI=1S/C12H24N2/c1-9-4-5-10(2)12(8-9)11(13)6-7-14(12)3/h9-11H,4-8,13H2,1-3H3. The Morgan fingerprint density at radius 1 is 1.21 bits per heavy atom. The highest BCUT2D eigenvalue weighted by atomic mass is 15.2. The summed E-state index contributed by atoms with van der Waals surface area (Å²) >= 11 is 0. The molecule has 14 heavy (non-hydrogen) atoms. The first-order valence-corrected chi connectivity index (χ1v) is 6.04. The Kier molecular flexibility index (Phi) is 2.61. The zero-order valence-corrected chi connectivity index (χ0v) is 9.79. The van der Waals surface area contributed by atoms with Crippen LogP contribution in [-0.2, 0) is 0 Å². The van der Waals surface area contributed by atoms with Crippen molar-refractivity contribution in [1.29, 1.82) is 0 Å². The summed E-state index contributed by atoms with van der Waals surface area (Å²) in [6, 6.07) is 0.408. The molecule has 4 unspecified atom stereocenters. The summed E-state index contributed by atoms with van der Waals surface area (Å²) in [5, 5.41) is 0. The van der Waals surface area contributed by atoms with Gasteiger partial charge in [0.05, 0.1) is 0 Å². The van der Waals surface area contributed by atoms with E-state index in [9.17, 15) is 0 Å². The number of nitrogens with zero attached hydrogens (tertiary/aromatic N) is 1. The van der Waals surface area contributed by atoms with E-state index < -0.39 is 0 Å². The molecule has 2 N–H and O–H groups in total. The van der Waals surface area contributed by atoms with Gasteiger partial charge in [-0.15, -0.1) is 0 Å². The molecule has 2 aliphatic rings. The first-order chi connectivity index (χ1) is 6.57. The second kappa shape index (κ2) is 3.49. The van der Waals surface area contributed by atoms with Crippen LogP contribution in [0.1, 0.15) is 39.5 Å². The Hall–Kier alpha value is -0.0800. The maximum absolute atomic E-state index is 6.35.